The third-order valence-corrected chi connectivity index (χ3v) is 3.62. The van der Waals surface area contributed by atoms with Gasteiger partial charge in [0.1, 0.15) is 5.82 Å². The molecule has 0 radical (unpaired) electrons. The average Bonchev–Trinajstić information content (AvgIpc) is 2.51. The van der Waals surface area contributed by atoms with Crippen LogP contribution in [-0.2, 0) is 13.1 Å². The van der Waals surface area contributed by atoms with Gasteiger partial charge in [-0.05, 0) is 36.8 Å². The first-order valence-electron chi connectivity index (χ1n) is 7.08. The van der Waals surface area contributed by atoms with E-state index in [4.69, 9.17) is 9.47 Å². The molecule has 2 aromatic carbocycles. The molecule has 0 bridgehead atoms. The van der Waals surface area contributed by atoms with Crippen LogP contribution in [0.3, 0.4) is 0 Å². The summed E-state index contributed by atoms with van der Waals surface area (Å²) in [6.07, 6.45) is 0. The zero-order valence-corrected chi connectivity index (χ0v) is 14.2. The molecular weight excluding hydrogens is 349 g/mol. The molecule has 0 aliphatic carbocycles. The Hall–Kier alpha value is -1.59. The Labute approximate surface area is 138 Å². The standard InChI is InChI=1S/C17H19BrFNO2/c1-3-22-17-13(8-14(18)9-16(17)21-2)11-20-10-12-4-6-15(19)7-5-12/h4-9,20H,3,10-11H2,1-2H3. The van der Waals surface area contributed by atoms with Crippen LogP contribution in [0.5, 0.6) is 11.5 Å². The zero-order chi connectivity index (χ0) is 15.9. The molecule has 0 amide bonds. The highest BCUT2D eigenvalue weighted by Crippen LogP contribution is 2.34. The van der Waals surface area contributed by atoms with Crippen molar-refractivity contribution in [3.8, 4) is 11.5 Å². The van der Waals surface area contributed by atoms with Crippen LogP contribution in [0.1, 0.15) is 18.1 Å². The largest absolute Gasteiger partial charge is 0.493 e. The molecule has 2 rings (SSSR count). The van der Waals surface area contributed by atoms with Gasteiger partial charge in [-0.25, -0.2) is 4.39 Å². The van der Waals surface area contributed by atoms with Crippen LogP contribution in [0.25, 0.3) is 0 Å². The number of hydrogen-bond donors (Lipinski definition) is 1. The maximum absolute atomic E-state index is 12.9. The van der Waals surface area contributed by atoms with E-state index >= 15 is 0 Å². The molecule has 22 heavy (non-hydrogen) atoms. The summed E-state index contributed by atoms with van der Waals surface area (Å²) in [6.45, 7) is 3.79. The average molecular weight is 368 g/mol. The quantitative estimate of drug-likeness (QED) is 0.791. The van der Waals surface area contributed by atoms with Gasteiger partial charge in [0.15, 0.2) is 11.5 Å². The highest BCUT2D eigenvalue weighted by molar-refractivity contribution is 9.10. The normalized spacial score (nSPS) is 10.5. The Bertz CT molecular complexity index is 617. The van der Waals surface area contributed by atoms with Crippen molar-refractivity contribution in [1.29, 1.82) is 0 Å². The first-order chi connectivity index (χ1) is 10.6. The van der Waals surface area contributed by atoms with E-state index < -0.39 is 0 Å². The summed E-state index contributed by atoms with van der Waals surface area (Å²) in [6, 6.07) is 10.4. The third-order valence-electron chi connectivity index (χ3n) is 3.16. The van der Waals surface area contributed by atoms with Crippen molar-refractivity contribution >= 4 is 15.9 Å². The molecule has 3 nitrogen and oxygen atoms in total. The Kier molecular flexibility index (Phi) is 6.21. The minimum absolute atomic E-state index is 0.223. The molecule has 0 heterocycles. The maximum Gasteiger partial charge on any atom is 0.165 e. The first-order valence-corrected chi connectivity index (χ1v) is 7.87. The van der Waals surface area contributed by atoms with Crippen molar-refractivity contribution < 1.29 is 13.9 Å². The summed E-state index contributed by atoms with van der Waals surface area (Å²) in [5, 5.41) is 3.34. The Morgan fingerprint density at radius 2 is 1.86 bits per heavy atom. The Balaban J connectivity index is 2.07. The van der Waals surface area contributed by atoms with Crippen molar-refractivity contribution in [2.75, 3.05) is 13.7 Å². The van der Waals surface area contributed by atoms with E-state index in [1.165, 1.54) is 12.1 Å². The van der Waals surface area contributed by atoms with Crippen LogP contribution in [-0.4, -0.2) is 13.7 Å². The Morgan fingerprint density at radius 1 is 1.14 bits per heavy atom. The predicted octanol–water partition coefficient (Wildman–Crippen LogP) is 4.29. The van der Waals surface area contributed by atoms with Gasteiger partial charge >= 0.3 is 0 Å². The molecule has 0 unspecified atom stereocenters. The predicted molar refractivity (Wildman–Crippen MR) is 88.8 cm³/mol. The van der Waals surface area contributed by atoms with E-state index in [1.54, 1.807) is 19.2 Å². The monoisotopic (exact) mass is 367 g/mol. The molecule has 2 aromatic rings. The van der Waals surface area contributed by atoms with Gasteiger partial charge in [-0.15, -0.1) is 0 Å². The van der Waals surface area contributed by atoms with Crippen LogP contribution >= 0.6 is 15.9 Å². The third kappa shape index (κ3) is 4.45. The molecule has 0 aliphatic rings. The zero-order valence-electron chi connectivity index (χ0n) is 12.7. The number of methoxy groups -OCH3 is 1. The SMILES string of the molecule is CCOc1c(CNCc2ccc(F)cc2)cc(Br)cc1OC. The lowest BCUT2D eigenvalue weighted by atomic mass is 10.1. The minimum atomic E-state index is -0.223. The van der Waals surface area contributed by atoms with E-state index in [0.29, 0.717) is 25.4 Å². The van der Waals surface area contributed by atoms with Gasteiger partial charge in [-0.3, -0.25) is 0 Å². The molecular formula is C17H19BrFNO2. The Morgan fingerprint density at radius 3 is 2.50 bits per heavy atom. The first kappa shape index (κ1) is 16.8. The fourth-order valence-electron chi connectivity index (χ4n) is 2.16. The second-order valence-corrected chi connectivity index (χ2v) is 5.68. The fraction of sp³-hybridized carbons (Fsp3) is 0.294. The summed E-state index contributed by atoms with van der Waals surface area (Å²) in [5.74, 6) is 1.23. The van der Waals surface area contributed by atoms with E-state index in [9.17, 15) is 4.39 Å². The smallest absolute Gasteiger partial charge is 0.165 e. The van der Waals surface area contributed by atoms with Gasteiger partial charge < -0.3 is 14.8 Å². The summed E-state index contributed by atoms with van der Waals surface area (Å²) in [7, 11) is 1.63. The molecule has 0 saturated heterocycles. The number of ether oxygens (including phenoxy) is 2. The second kappa shape index (κ2) is 8.15. The van der Waals surface area contributed by atoms with Gasteiger partial charge in [0.25, 0.3) is 0 Å². The number of halogens is 2. The minimum Gasteiger partial charge on any atom is -0.493 e. The molecule has 1 N–H and O–H groups in total. The molecule has 118 valence electrons. The number of nitrogens with one attached hydrogen (secondary N) is 1. The summed E-state index contributed by atoms with van der Waals surface area (Å²) < 4.78 is 24.9. The van der Waals surface area contributed by atoms with Crippen molar-refractivity contribution in [2.24, 2.45) is 0 Å². The molecule has 5 heteroatoms. The van der Waals surface area contributed by atoms with Gasteiger partial charge in [0, 0.05) is 23.1 Å². The lowest BCUT2D eigenvalue weighted by Crippen LogP contribution is -2.14. The van der Waals surface area contributed by atoms with Gasteiger partial charge in [0.05, 0.1) is 13.7 Å². The lowest BCUT2D eigenvalue weighted by Gasteiger charge is -2.15. The van der Waals surface area contributed by atoms with Crippen molar-refractivity contribution in [2.45, 2.75) is 20.0 Å². The highest BCUT2D eigenvalue weighted by atomic mass is 79.9. The van der Waals surface area contributed by atoms with Crippen molar-refractivity contribution in [1.82, 2.24) is 5.32 Å². The number of benzene rings is 2. The molecule has 0 saturated carbocycles. The highest BCUT2D eigenvalue weighted by Gasteiger charge is 2.12. The van der Waals surface area contributed by atoms with Gasteiger partial charge in [-0.1, -0.05) is 28.1 Å². The van der Waals surface area contributed by atoms with E-state index in [2.05, 4.69) is 21.2 Å². The van der Waals surface area contributed by atoms with Crippen LogP contribution < -0.4 is 14.8 Å². The number of hydrogen-bond acceptors (Lipinski definition) is 3. The summed E-state index contributed by atoms with van der Waals surface area (Å²) >= 11 is 3.48. The van der Waals surface area contributed by atoms with Crippen LogP contribution in [0.15, 0.2) is 40.9 Å². The van der Waals surface area contributed by atoms with Crippen LogP contribution in [0.2, 0.25) is 0 Å². The van der Waals surface area contributed by atoms with Crippen molar-refractivity contribution in [3.05, 3.63) is 57.8 Å². The van der Waals surface area contributed by atoms with Crippen LogP contribution in [0.4, 0.5) is 4.39 Å². The topological polar surface area (TPSA) is 30.5 Å². The lowest BCUT2D eigenvalue weighted by molar-refractivity contribution is 0.306. The molecule has 0 aliphatic heterocycles. The molecule has 0 atom stereocenters. The molecule has 0 fully saturated rings. The summed E-state index contributed by atoms with van der Waals surface area (Å²) in [4.78, 5) is 0. The summed E-state index contributed by atoms with van der Waals surface area (Å²) in [5.41, 5.74) is 2.04. The van der Waals surface area contributed by atoms with Gasteiger partial charge in [-0.2, -0.15) is 0 Å². The molecule has 0 spiro atoms. The number of rotatable bonds is 7. The van der Waals surface area contributed by atoms with E-state index in [-0.39, 0.29) is 5.82 Å². The fourth-order valence-corrected chi connectivity index (χ4v) is 2.64. The van der Waals surface area contributed by atoms with Gasteiger partial charge in [0.2, 0.25) is 0 Å². The molecule has 0 aromatic heterocycles. The van der Waals surface area contributed by atoms with Crippen LogP contribution in [0, 0.1) is 5.82 Å². The second-order valence-electron chi connectivity index (χ2n) is 4.76. The van der Waals surface area contributed by atoms with E-state index in [0.717, 1.165) is 21.3 Å². The maximum atomic E-state index is 12.9. The van der Waals surface area contributed by atoms with Crippen molar-refractivity contribution in [3.63, 3.8) is 0 Å². The van der Waals surface area contributed by atoms with E-state index in [1.807, 2.05) is 19.1 Å².